The van der Waals surface area contributed by atoms with E-state index >= 15 is 0 Å². The molecule has 1 aromatic carbocycles. The third kappa shape index (κ3) is 4.71. The van der Waals surface area contributed by atoms with Gasteiger partial charge < -0.3 is 15.4 Å². The first kappa shape index (κ1) is 15.2. The minimum absolute atomic E-state index is 0.0528. The van der Waals surface area contributed by atoms with E-state index in [0.29, 0.717) is 29.7 Å². The monoisotopic (exact) mass is 309 g/mol. The summed E-state index contributed by atoms with van der Waals surface area (Å²) in [5.41, 5.74) is 6.20. The fraction of sp³-hybridized carbons (Fsp3) is 0.286. The molecule has 0 unspecified atom stereocenters. The molecular weight excluding hydrogens is 293 g/mol. The SMILES string of the molecule is CN(CCOc1ccc(F)cc1)C(=O)Cc1csc(N)n1. The fourth-order valence-electron chi connectivity index (χ4n) is 1.65. The summed E-state index contributed by atoms with van der Waals surface area (Å²) in [4.78, 5) is 17.6. The average Bonchev–Trinajstić information content (AvgIpc) is 2.86. The van der Waals surface area contributed by atoms with E-state index in [-0.39, 0.29) is 18.1 Å². The molecule has 0 aliphatic carbocycles. The summed E-state index contributed by atoms with van der Waals surface area (Å²) in [6.45, 7) is 0.781. The number of hydrogen-bond donors (Lipinski definition) is 1. The molecule has 21 heavy (non-hydrogen) atoms. The average molecular weight is 309 g/mol. The van der Waals surface area contributed by atoms with Crippen molar-refractivity contribution in [3.8, 4) is 5.75 Å². The highest BCUT2D eigenvalue weighted by Gasteiger charge is 2.11. The van der Waals surface area contributed by atoms with Crippen molar-refractivity contribution in [1.29, 1.82) is 0 Å². The zero-order chi connectivity index (χ0) is 15.2. The van der Waals surface area contributed by atoms with Gasteiger partial charge in [-0.25, -0.2) is 9.37 Å². The normalized spacial score (nSPS) is 10.4. The Kier molecular flexibility index (Phi) is 5.10. The molecule has 0 atom stereocenters. The molecule has 7 heteroatoms. The summed E-state index contributed by atoms with van der Waals surface area (Å²) >= 11 is 1.31. The molecular formula is C14H16FN3O2S. The Bertz CT molecular complexity index is 601. The summed E-state index contributed by atoms with van der Waals surface area (Å²) in [7, 11) is 1.70. The molecule has 0 aliphatic rings. The molecule has 0 saturated heterocycles. The van der Waals surface area contributed by atoms with Gasteiger partial charge in [0.05, 0.1) is 18.7 Å². The number of hydrogen-bond acceptors (Lipinski definition) is 5. The zero-order valence-electron chi connectivity index (χ0n) is 11.6. The number of likely N-dealkylation sites (N-methyl/N-ethyl adjacent to an activating group) is 1. The number of carbonyl (C=O) groups excluding carboxylic acids is 1. The minimum Gasteiger partial charge on any atom is -0.492 e. The van der Waals surface area contributed by atoms with Crippen LogP contribution in [0.15, 0.2) is 29.6 Å². The smallest absolute Gasteiger partial charge is 0.228 e. The lowest BCUT2D eigenvalue weighted by Crippen LogP contribution is -2.32. The number of nitrogens with zero attached hydrogens (tertiary/aromatic N) is 2. The van der Waals surface area contributed by atoms with Gasteiger partial charge in [-0.2, -0.15) is 0 Å². The second-order valence-electron chi connectivity index (χ2n) is 4.47. The van der Waals surface area contributed by atoms with Crippen molar-refractivity contribution in [2.24, 2.45) is 0 Å². The Morgan fingerprint density at radius 2 is 2.14 bits per heavy atom. The third-order valence-electron chi connectivity index (χ3n) is 2.84. The van der Waals surface area contributed by atoms with Crippen LogP contribution in [0, 0.1) is 5.82 Å². The van der Waals surface area contributed by atoms with Crippen molar-refractivity contribution < 1.29 is 13.9 Å². The van der Waals surface area contributed by atoms with Gasteiger partial charge in [0, 0.05) is 12.4 Å². The highest BCUT2D eigenvalue weighted by molar-refractivity contribution is 7.13. The number of ether oxygens (including phenoxy) is 1. The summed E-state index contributed by atoms with van der Waals surface area (Å²) in [6, 6.07) is 5.76. The number of thiazole rings is 1. The molecule has 0 bridgehead atoms. The molecule has 2 N–H and O–H groups in total. The number of rotatable bonds is 6. The third-order valence-corrected chi connectivity index (χ3v) is 3.56. The molecule has 1 amide bonds. The van der Waals surface area contributed by atoms with E-state index in [0.717, 1.165) is 0 Å². The summed E-state index contributed by atoms with van der Waals surface area (Å²) in [6.07, 6.45) is 0.223. The van der Waals surface area contributed by atoms with Crippen LogP contribution >= 0.6 is 11.3 Å². The first-order chi connectivity index (χ1) is 10.0. The zero-order valence-corrected chi connectivity index (χ0v) is 12.4. The number of carbonyl (C=O) groups is 1. The topological polar surface area (TPSA) is 68.5 Å². The Balaban J connectivity index is 1.74. The molecule has 5 nitrogen and oxygen atoms in total. The summed E-state index contributed by atoms with van der Waals surface area (Å²) < 4.78 is 18.2. The molecule has 0 fully saturated rings. The van der Waals surface area contributed by atoms with Crippen LogP contribution in [0.25, 0.3) is 0 Å². The number of halogens is 1. The van der Waals surface area contributed by atoms with E-state index in [1.54, 1.807) is 29.5 Å². The van der Waals surface area contributed by atoms with Crippen LogP contribution in [0.2, 0.25) is 0 Å². The van der Waals surface area contributed by atoms with E-state index in [4.69, 9.17) is 10.5 Å². The van der Waals surface area contributed by atoms with Gasteiger partial charge in [-0.1, -0.05) is 0 Å². The molecule has 1 heterocycles. The maximum absolute atomic E-state index is 12.7. The quantitative estimate of drug-likeness (QED) is 0.885. The summed E-state index contributed by atoms with van der Waals surface area (Å²) in [5, 5.41) is 2.23. The van der Waals surface area contributed by atoms with Gasteiger partial charge in [0.25, 0.3) is 0 Å². The highest BCUT2D eigenvalue weighted by Crippen LogP contribution is 2.13. The van der Waals surface area contributed by atoms with Crippen molar-refractivity contribution in [3.63, 3.8) is 0 Å². The van der Waals surface area contributed by atoms with Crippen molar-refractivity contribution in [1.82, 2.24) is 9.88 Å². The largest absolute Gasteiger partial charge is 0.492 e. The predicted molar refractivity (Wildman–Crippen MR) is 79.8 cm³/mol. The lowest BCUT2D eigenvalue weighted by molar-refractivity contribution is -0.129. The maximum atomic E-state index is 12.7. The second kappa shape index (κ2) is 7.03. The van der Waals surface area contributed by atoms with Crippen LogP contribution in [0.4, 0.5) is 9.52 Å². The summed E-state index contributed by atoms with van der Waals surface area (Å²) in [5.74, 6) is 0.213. The standard InChI is InChI=1S/C14H16FN3O2S/c1-18(13(19)8-11-9-21-14(16)17-11)6-7-20-12-4-2-10(15)3-5-12/h2-5,9H,6-8H2,1H3,(H2,16,17). The Morgan fingerprint density at radius 1 is 1.43 bits per heavy atom. The Hall–Kier alpha value is -2.15. The molecule has 0 spiro atoms. The molecule has 2 rings (SSSR count). The molecule has 112 valence electrons. The molecule has 1 aromatic heterocycles. The highest BCUT2D eigenvalue weighted by atomic mass is 32.1. The minimum atomic E-state index is -0.308. The number of nitrogens with two attached hydrogens (primary N) is 1. The number of nitrogen functional groups attached to an aromatic ring is 1. The first-order valence-electron chi connectivity index (χ1n) is 6.37. The van der Waals surface area contributed by atoms with E-state index in [2.05, 4.69) is 4.98 Å². The van der Waals surface area contributed by atoms with Gasteiger partial charge >= 0.3 is 0 Å². The van der Waals surface area contributed by atoms with Crippen LogP contribution in [-0.2, 0) is 11.2 Å². The lowest BCUT2D eigenvalue weighted by atomic mass is 10.3. The van der Waals surface area contributed by atoms with Crippen LogP contribution in [0.1, 0.15) is 5.69 Å². The molecule has 0 aliphatic heterocycles. The van der Waals surface area contributed by atoms with Gasteiger partial charge in [-0.3, -0.25) is 4.79 Å². The van der Waals surface area contributed by atoms with E-state index in [1.165, 1.54) is 23.5 Å². The van der Waals surface area contributed by atoms with Crippen molar-refractivity contribution in [3.05, 3.63) is 41.2 Å². The molecule has 2 aromatic rings. The maximum Gasteiger partial charge on any atom is 0.228 e. The van der Waals surface area contributed by atoms with Gasteiger partial charge in [-0.15, -0.1) is 11.3 Å². The van der Waals surface area contributed by atoms with Gasteiger partial charge in [0.1, 0.15) is 18.2 Å². The predicted octanol–water partition coefficient (Wildman–Crippen LogP) is 1.94. The number of anilines is 1. The first-order valence-corrected chi connectivity index (χ1v) is 7.25. The second-order valence-corrected chi connectivity index (χ2v) is 5.36. The van der Waals surface area contributed by atoms with Crippen molar-refractivity contribution in [2.75, 3.05) is 25.9 Å². The van der Waals surface area contributed by atoms with Gasteiger partial charge in [0.15, 0.2) is 5.13 Å². The Morgan fingerprint density at radius 3 is 2.76 bits per heavy atom. The number of aromatic nitrogens is 1. The molecule has 0 saturated carbocycles. The fourth-order valence-corrected chi connectivity index (χ4v) is 2.21. The van der Waals surface area contributed by atoms with Crippen LogP contribution < -0.4 is 10.5 Å². The van der Waals surface area contributed by atoms with E-state index in [9.17, 15) is 9.18 Å². The molecule has 0 radical (unpaired) electrons. The number of amides is 1. The van der Waals surface area contributed by atoms with Gasteiger partial charge in [-0.05, 0) is 24.3 Å². The van der Waals surface area contributed by atoms with Crippen LogP contribution in [0.5, 0.6) is 5.75 Å². The Labute approximate surface area is 126 Å². The van der Waals surface area contributed by atoms with Crippen molar-refractivity contribution in [2.45, 2.75) is 6.42 Å². The lowest BCUT2D eigenvalue weighted by Gasteiger charge is -2.17. The van der Waals surface area contributed by atoms with E-state index < -0.39 is 0 Å². The van der Waals surface area contributed by atoms with E-state index in [1.807, 2.05) is 0 Å². The van der Waals surface area contributed by atoms with Gasteiger partial charge in [0.2, 0.25) is 5.91 Å². The van der Waals surface area contributed by atoms with Crippen LogP contribution in [-0.4, -0.2) is 36.0 Å². The van der Waals surface area contributed by atoms with Crippen molar-refractivity contribution >= 4 is 22.4 Å². The van der Waals surface area contributed by atoms with Crippen LogP contribution in [0.3, 0.4) is 0 Å². The number of benzene rings is 1.